The van der Waals surface area contributed by atoms with Gasteiger partial charge in [-0.15, -0.1) is 6.58 Å². The van der Waals surface area contributed by atoms with Crippen LogP contribution >= 0.6 is 0 Å². The average Bonchev–Trinajstić information content (AvgIpc) is 2.71. The molecule has 0 aliphatic heterocycles. The van der Waals surface area contributed by atoms with Crippen LogP contribution in [0, 0.1) is 5.41 Å². The van der Waals surface area contributed by atoms with Crippen molar-refractivity contribution >= 4 is 0 Å². The summed E-state index contributed by atoms with van der Waals surface area (Å²) in [5, 5.41) is 10.2. The van der Waals surface area contributed by atoms with Crippen molar-refractivity contribution in [2.75, 3.05) is 13.2 Å². The predicted octanol–water partition coefficient (Wildman–Crippen LogP) is 3.09. The maximum absolute atomic E-state index is 10.2. The van der Waals surface area contributed by atoms with Gasteiger partial charge in [0.15, 0.2) is 0 Å². The summed E-state index contributed by atoms with van der Waals surface area (Å²) in [6.07, 6.45) is 6.40. The largest absolute Gasteiger partial charge is 0.388 e. The summed E-state index contributed by atoms with van der Waals surface area (Å²) in [5.74, 6) is 0. The minimum atomic E-state index is -0.318. The fraction of sp³-hybridized carbons (Fsp3) is 0.625. The highest BCUT2D eigenvalue weighted by atomic mass is 16.5. The highest BCUT2D eigenvalue weighted by molar-refractivity contribution is 5.29. The molecule has 2 rings (SSSR count). The number of ether oxygens (including phenoxy) is 1. The summed E-state index contributed by atoms with van der Waals surface area (Å²) in [4.78, 5) is 0. The van der Waals surface area contributed by atoms with Crippen molar-refractivity contribution in [3.05, 3.63) is 36.2 Å². The number of hydrogen-bond donors (Lipinski definition) is 1. The lowest BCUT2D eigenvalue weighted by molar-refractivity contribution is 0.0957. The van der Waals surface area contributed by atoms with Crippen molar-refractivity contribution in [1.29, 1.82) is 0 Å². The van der Waals surface area contributed by atoms with Crippen LogP contribution in [0.15, 0.2) is 24.9 Å². The van der Waals surface area contributed by atoms with E-state index in [2.05, 4.69) is 37.3 Å². The maximum atomic E-state index is 10.2. The van der Waals surface area contributed by atoms with Crippen LogP contribution in [0.25, 0.3) is 0 Å². The molecule has 3 nitrogen and oxygen atoms in total. The molecule has 0 bridgehead atoms. The second-order valence-corrected chi connectivity index (χ2v) is 6.16. The SMILES string of the molecule is C=CCCOCCn1ccc2c1CC(C)(C)CC2O. The molecular formula is C16H25NO2. The molecule has 3 heteroatoms. The van der Waals surface area contributed by atoms with Gasteiger partial charge in [-0.2, -0.15) is 0 Å². The fourth-order valence-corrected chi connectivity index (χ4v) is 2.83. The van der Waals surface area contributed by atoms with Gasteiger partial charge in [0.2, 0.25) is 0 Å². The Labute approximate surface area is 115 Å². The maximum Gasteiger partial charge on any atom is 0.0812 e. The van der Waals surface area contributed by atoms with Crippen LogP contribution in [-0.4, -0.2) is 22.9 Å². The second-order valence-electron chi connectivity index (χ2n) is 6.16. The van der Waals surface area contributed by atoms with Crippen molar-refractivity contribution in [2.45, 2.75) is 45.8 Å². The van der Waals surface area contributed by atoms with E-state index >= 15 is 0 Å². The molecule has 1 aromatic rings. The van der Waals surface area contributed by atoms with Gasteiger partial charge in [-0.25, -0.2) is 0 Å². The Morgan fingerprint density at radius 2 is 2.32 bits per heavy atom. The standard InChI is InChI=1S/C16H25NO2/c1-4-5-9-19-10-8-17-7-6-13-14(17)11-16(2,3)12-15(13)18/h4,6-7,15,18H,1,5,8-12H2,2-3H3. The molecule has 0 aromatic carbocycles. The third-order valence-electron chi connectivity index (χ3n) is 3.81. The van der Waals surface area contributed by atoms with Crippen molar-refractivity contribution in [3.63, 3.8) is 0 Å². The zero-order valence-electron chi connectivity index (χ0n) is 12.1. The normalized spacial score (nSPS) is 21.1. The van der Waals surface area contributed by atoms with E-state index in [1.807, 2.05) is 6.08 Å². The zero-order valence-corrected chi connectivity index (χ0v) is 12.1. The first-order chi connectivity index (χ1) is 9.03. The number of rotatable bonds is 6. The number of fused-ring (bicyclic) bond motifs is 1. The molecule has 1 aliphatic rings. The summed E-state index contributed by atoms with van der Waals surface area (Å²) in [6.45, 7) is 10.4. The van der Waals surface area contributed by atoms with Crippen LogP contribution in [0.5, 0.6) is 0 Å². The molecule has 1 unspecified atom stereocenters. The highest BCUT2D eigenvalue weighted by Crippen LogP contribution is 2.40. The molecule has 0 radical (unpaired) electrons. The third-order valence-corrected chi connectivity index (χ3v) is 3.81. The smallest absolute Gasteiger partial charge is 0.0812 e. The Morgan fingerprint density at radius 3 is 3.05 bits per heavy atom. The predicted molar refractivity (Wildman–Crippen MR) is 77.1 cm³/mol. The Balaban J connectivity index is 1.98. The Hall–Kier alpha value is -1.06. The van der Waals surface area contributed by atoms with Crippen LogP contribution in [0.1, 0.15) is 44.1 Å². The van der Waals surface area contributed by atoms with Gasteiger partial charge in [0.1, 0.15) is 0 Å². The molecule has 106 valence electrons. The molecule has 0 spiro atoms. The lowest BCUT2D eigenvalue weighted by atomic mass is 9.75. The lowest BCUT2D eigenvalue weighted by Crippen LogP contribution is -2.27. The van der Waals surface area contributed by atoms with Crippen molar-refractivity contribution in [3.8, 4) is 0 Å². The molecule has 0 fully saturated rings. The van der Waals surface area contributed by atoms with Gasteiger partial charge in [0, 0.05) is 24.0 Å². The summed E-state index contributed by atoms with van der Waals surface area (Å²) >= 11 is 0. The van der Waals surface area contributed by atoms with Gasteiger partial charge in [-0.1, -0.05) is 19.9 Å². The Bertz CT molecular complexity index is 434. The first kappa shape index (κ1) is 14.4. The molecule has 0 saturated heterocycles. The number of nitrogens with zero attached hydrogens (tertiary/aromatic N) is 1. The third kappa shape index (κ3) is 3.48. The molecule has 1 aliphatic carbocycles. The molecule has 1 heterocycles. The van der Waals surface area contributed by atoms with Crippen LogP contribution in [-0.2, 0) is 17.7 Å². The second kappa shape index (κ2) is 5.93. The zero-order chi connectivity index (χ0) is 13.9. The van der Waals surface area contributed by atoms with Gasteiger partial charge in [-0.3, -0.25) is 0 Å². The van der Waals surface area contributed by atoms with E-state index in [0.29, 0.717) is 6.61 Å². The molecule has 0 saturated carbocycles. The Kier molecular flexibility index (Phi) is 4.48. The molecule has 1 aromatic heterocycles. The van der Waals surface area contributed by atoms with E-state index in [1.165, 1.54) is 5.69 Å². The van der Waals surface area contributed by atoms with E-state index in [-0.39, 0.29) is 11.5 Å². The summed E-state index contributed by atoms with van der Waals surface area (Å²) in [5.41, 5.74) is 2.55. The van der Waals surface area contributed by atoms with E-state index in [9.17, 15) is 5.11 Å². The first-order valence-corrected chi connectivity index (χ1v) is 7.08. The van der Waals surface area contributed by atoms with Gasteiger partial charge >= 0.3 is 0 Å². The van der Waals surface area contributed by atoms with Crippen molar-refractivity contribution < 1.29 is 9.84 Å². The minimum Gasteiger partial charge on any atom is -0.388 e. The number of aliphatic hydroxyl groups excluding tert-OH is 1. The monoisotopic (exact) mass is 263 g/mol. The first-order valence-electron chi connectivity index (χ1n) is 7.08. The van der Waals surface area contributed by atoms with Crippen LogP contribution < -0.4 is 0 Å². The highest BCUT2D eigenvalue weighted by Gasteiger charge is 2.32. The number of hydrogen-bond acceptors (Lipinski definition) is 2. The van der Waals surface area contributed by atoms with Crippen LogP contribution in [0.3, 0.4) is 0 Å². The van der Waals surface area contributed by atoms with Gasteiger partial charge < -0.3 is 14.4 Å². The van der Waals surface area contributed by atoms with Crippen molar-refractivity contribution in [1.82, 2.24) is 4.57 Å². The van der Waals surface area contributed by atoms with E-state index in [0.717, 1.165) is 38.0 Å². The minimum absolute atomic E-state index is 0.173. The van der Waals surface area contributed by atoms with Gasteiger partial charge in [-0.05, 0) is 30.7 Å². The number of aliphatic hydroxyl groups is 1. The quantitative estimate of drug-likeness (QED) is 0.632. The van der Waals surface area contributed by atoms with Crippen molar-refractivity contribution in [2.24, 2.45) is 5.41 Å². The number of aromatic nitrogens is 1. The molecule has 0 amide bonds. The van der Waals surface area contributed by atoms with Gasteiger partial charge in [0.05, 0.1) is 19.3 Å². The van der Waals surface area contributed by atoms with Crippen LogP contribution in [0.2, 0.25) is 0 Å². The molecule has 1 atom stereocenters. The van der Waals surface area contributed by atoms with E-state index in [1.54, 1.807) is 0 Å². The molecule has 19 heavy (non-hydrogen) atoms. The molecule has 1 N–H and O–H groups in total. The fourth-order valence-electron chi connectivity index (χ4n) is 2.83. The summed E-state index contributed by atoms with van der Waals surface area (Å²) in [7, 11) is 0. The van der Waals surface area contributed by atoms with E-state index in [4.69, 9.17) is 4.74 Å². The lowest BCUT2D eigenvalue weighted by Gasteiger charge is -2.34. The summed E-state index contributed by atoms with van der Waals surface area (Å²) < 4.78 is 7.79. The van der Waals surface area contributed by atoms with E-state index < -0.39 is 0 Å². The van der Waals surface area contributed by atoms with Crippen LogP contribution in [0.4, 0.5) is 0 Å². The topological polar surface area (TPSA) is 34.4 Å². The van der Waals surface area contributed by atoms with Gasteiger partial charge in [0.25, 0.3) is 0 Å². The average molecular weight is 263 g/mol. The molecular weight excluding hydrogens is 238 g/mol. The Morgan fingerprint density at radius 1 is 1.53 bits per heavy atom. The summed E-state index contributed by atoms with van der Waals surface area (Å²) in [6, 6.07) is 2.05.